The van der Waals surface area contributed by atoms with Gasteiger partial charge >= 0.3 is 17.9 Å². The molecule has 0 aromatic rings. The highest BCUT2D eigenvalue weighted by Crippen LogP contribution is 2.18. The molecular formula is C70H126O6. The third-order valence-corrected chi connectivity index (χ3v) is 14.8. The summed E-state index contributed by atoms with van der Waals surface area (Å²) in [5.74, 6) is -0.847. The second-order valence-electron chi connectivity index (χ2n) is 22.4. The predicted octanol–water partition coefficient (Wildman–Crippen LogP) is 22.7. The maximum atomic E-state index is 12.8. The van der Waals surface area contributed by atoms with Crippen molar-refractivity contribution < 1.29 is 28.6 Å². The molecule has 0 aliphatic rings. The van der Waals surface area contributed by atoms with Gasteiger partial charge in [-0.05, 0) is 64.2 Å². The largest absolute Gasteiger partial charge is 0.462 e. The lowest BCUT2D eigenvalue weighted by Crippen LogP contribution is -2.30. The number of carbonyl (C=O) groups is 3. The van der Waals surface area contributed by atoms with E-state index in [0.717, 1.165) is 89.9 Å². The van der Waals surface area contributed by atoms with Crippen molar-refractivity contribution in [2.24, 2.45) is 0 Å². The number of rotatable bonds is 61. The van der Waals surface area contributed by atoms with Gasteiger partial charge in [0.2, 0.25) is 0 Å². The van der Waals surface area contributed by atoms with Crippen LogP contribution in [0.3, 0.4) is 0 Å². The molecule has 0 amide bonds. The van der Waals surface area contributed by atoms with E-state index in [9.17, 15) is 14.4 Å². The third-order valence-electron chi connectivity index (χ3n) is 14.8. The van der Waals surface area contributed by atoms with Gasteiger partial charge in [-0.3, -0.25) is 14.4 Å². The van der Waals surface area contributed by atoms with Crippen LogP contribution in [0.25, 0.3) is 0 Å². The summed E-state index contributed by atoms with van der Waals surface area (Å²) in [6, 6.07) is 0. The highest BCUT2D eigenvalue weighted by atomic mass is 16.6. The zero-order chi connectivity index (χ0) is 55.0. The Balaban J connectivity index is 3.99. The minimum atomic E-state index is -0.766. The first kappa shape index (κ1) is 73.1. The monoisotopic (exact) mass is 1060 g/mol. The van der Waals surface area contributed by atoms with Crippen molar-refractivity contribution in [2.75, 3.05) is 13.2 Å². The summed E-state index contributed by atoms with van der Waals surface area (Å²) in [4.78, 5) is 38.1. The summed E-state index contributed by atoms with van der Waals surface area (Å²) in [6.45, 7) is 6.55. The number of hydrogen-bond donors (Lipinski definition) is 0. The molecule has 6 nitrogen and oxygen atoms in total. The lowest BCUT2D eigenvalue weighted by atomic mass is 10.0. The normalized spacial score (nSPS) is 12.4. The zero-order valence-corrected chi connectivity index (χ0v) is 50.8. The van der Waals surface area contributed by atoms with Crippen LogP contribution in [0.15, 0.2) is 60.8 Å². The summed E-state index contributed by atoms with van der Waals surface area (Å²) in [5.41, 5.74) is 0. The van der Waals surface area contributed by atoms with Crippen molar-refractivity contribution in [3.63, 3.8) is 0 Å². The van der Waals surface area contributed by atoms with Gasteiger partial charge < -0.3 is 14.2 Å². The molecular weight excluding hydrogens is 937 g/mol. The fourth-order valence-corrected chi connectivity index (χ4v) is 9.83. The van der Waals surface area contributed by atoms with Crippen LogP contribution in [-0.4, -0.2) is 37.2 Å². The van der Waals surface area contributed by atoms with Crippen molar-refractivity contribution >= 4 is 17.9 Å². The van der Waals surface area contributed by atoms with Crippen molar-refractivity contribution in [1.82, 2.24) is 0 Å². The van der Waals surface area contributed by atoms with E-state index in [4.69, 9.17) is 14.2 Å². The van der Waals surface area contributed by atoms with E-state index in [1.54, 1.807) is 0 Å². The van der Waals surface area contributed by atoms with Gasteiger partial charge in [-0.15, -0.1) is 0 Å². The summed E-state index contributed by atoms with van der Waals surface area (Å²) < 4.78 is 16.9. The molecule has 0 aromatic carbocycles. The van der Waals surface area contributed by atoms with Gasteiger partial charge in [0.05, 0.1) is 0 Å². The molecule has 0 heterocycles. The first-order chi connectivity index (χ1) is 37.5. The van der Waals surface area contributed by atoms with E-state index in [1.807, 2.05) is 0 Å². The molecule has 1 atom stereocenters. The molecule has 0 bridgehead atoms. The minimum absolute atomic E-state index is 0.0665. The number of esters is 3. The van der Waals surface area contributed by atoms with E-state index in [2.05, 4.69) is 81.5 Å². The maximum absolute atomic E-state index is 12.8. The van der Waals surface area contributed by atoms with E-state index >= 15 is 0 Å². The molecule has 0 radical (unpaired) electrons. The second kappa shape index (κ2) is 64.6. The van der Waals surface area contributed by atoms with Gasteiger partial charge in [0, 0.05) is 19.3 Å². The molecule has 0 aliphatic heterocycles. The summed E-state index contributed by atoms with van der Waals surface area (Å²) in [6.07, 6.45) is 82.6. The van der Waals surface area contributed by atoms with Crippen LogP contribution in [0.1, 0.15) is 348 Å². The topological polar surface area (TPSA) is 78.9 Å². The Kier molecular flexibility index (Phi) is 62.2. The molecule has 0 aromatic heterocycles. The van der Waals surface area contributed by atoms with Crippen LogP contribution in [0, 0.1) is 0 Å². The summed E-state index contributed by atoms with van der Waals surface area (Å²) in [7, 11) is 0. The third kappa shape index (κ3) is 62.0. The lowest BCUT2D eigenvalue weighted by molar-refractivity contribution is -0.167. The summed E-state index contributed by atoms with van der Waals surface area (Å²) in [5, 5.41) is 0. The molecule has 442 valence electrons. The Hall–Kier alpha value is -2.89. The van der Waals surface area contributed by atoms with Gasteiger partial charge in [0.15, 0.2) is 6.10 Å². The highest BCUT2D eigenvalue weighted by Gasteiger charge is 2.19. The first-order valence-corrected chi connectivity index (χ1v) is 33.3. The Morgan fingerprint density at radius 1 is 0.276 bits per heavy atom. The molecule has 1 unspecified atom stereocenters. The molecule has 0 rings (SSSR count). The van der Waals surface area contributed by atoms with Crippen LogP contribution < -0.4 is 0 Å². The fraction of sp³-hybridized carbons (Fsp3) is 0.814. The zero-order valence-electron chi connectivity index (χ0n) is 50.8. The molecule has 0 saturated heterocycles. The molecule has 0 fully saturated rings. The Morgan fingerprint density at radius 2 is 0.513 bits per heavy atom. The van der Waals surface area contributed by atoms with Crippen LogP contribution >= 0.6 is 0 Å². The van der Waals surface area contributed by atoms with E-state index in [-0.39, 0.29) is 31.1 Å². The number of carbonyl (C=O) groups excluding carboxylic acids is 3. The Morgan fingerprint density at radius 3 is 0.803 bits per heavy atom. The van der Waals surface area contributed by atoms with Crippen molar-refractivity contribution in [3.8, 4) is 0 Å². The minimum Gasteiger partial charge on any atom is -0.462 e. The van der Waals surface area contributed by atoms with Gasteiger partial charge in [0.1, 0.15) is 13.2 Å². The fourth-order valence-electron chi connectivity index (χ4n) is 9.83. The van der Waals surface area contributed by atoms with Gasteiger partial charge in [-0.2, -0.15) is 0 Å². The number of allylic oxidation sites excluding steroid dienone is 10. The van der Waals surface area contributed by atoms with Gasteiger partial charge in [-0.25, -0.2) is 0 Å². The van der Waals surface area contributed by atoms with Crippen LogP contribution in [0.5, 0.6) is 0 Å². The number of ether oxygens (including phenoxy) is 3. The highest BCUT2D eigenvalue weighted by molar-refractivity contribution is 5.71. The number of hydrogen-bond acceptors (Lipinski definition) is 6. The predicted molar refractivity (Wildman–Crippen MR) is 330 cm³/mol. The lowest BCUT2D eigenvalue weighted by Gasteiger charge is -2.18. The van der Waals surface area contributed by atoms with Crippen LogP contribution in [0.4, 0.5) is 0 Å². The van der Waals surface area contributed by atoms with Crippen molar-refractivity contribution in [3.05, 3.63) is 60.8 Å². The van der Waals surface area contributed by atoms with E-state index < -0.39 is 6.10 Å². The second-order valence-corrected chi connectivity index (χ2v) is 22.4. The van der Waals surface area contributed by atoms with Gasteiger partial charge in [0.25, 0.3) is 0 Å². The van der Waals surface area contributed by atoms with Crippen LogP contribution in [0.2, 0.25) is 0 Å². The Labute approximate surface area is 472 Å². The quantitative estimate of drug-likeness (QED) is 0.0261. The molecule has 0 spiro atoms. The standard InChI is InChI=1S/C70H126O6/c1-4-7-10-13-16-19-21-23-25-26-27-28-29-30-31-32-33-34-35-36-37-38-39-40-41-42-43-44-45-47-48-51-54-57-60-63-69(72)75-66-67(65-74-68(71)62-59-56-53-50-18-15-12-9-6-3)76-70(73)64-61-58-55-52-49-46-24-22-20-17-14-11-8-5-2/h7,10,16,19,23,25,27-28,30-31,67H,4-6,8-9,11-15,17-18,20-22,24,26,29,32-66H2,1-3H3/b10-7-,19-16-,25-23-,28-27-,31-30-. The SMILES string of the molecule is CC/C=C\C/C=C\C/C=C\C/C=C\C/C=C\CCCCCCCCCCCCCCCCCCCCCC(=O)OCC(COC(=O)CCCCCCCCCCC)OC(=O)CCCCCCCCCCCCCCCC. The van der Waals surface area contributed by atoms with E-state index in [0.29, 0.717) is 19.3 Å². The van der Waals surface area contributed by atoms with Gasteiger partial charge in [-0.1, -0.05) is 326 Å². The Bertz CT molecular complexity index is 1360. The molecule has 0 saturated carbocycles. The molecule has 76 heavy (non-hydrogen) atoms. The summed E-state index contributed by atoms with van der Waals surface area (Å²) >= 11 is 0. The first-order valence-electron chi connectivity index (χ1n) is 33.3. The maximum Gasteiger partial charge on any atom is 0.306 e. The van der Waals surface area contributed by atoms with Crippen LogP contribution in [-0.2, 0) is 28.6 Å². The van der Waals surface area contributed by atoms with E-state index in [1.165, 1.54) is 218 Å². The smallest absolute Gasteiger partial charge is 0.306 e. The number of unbranched alkanes of at least 4 members (excludes halogenated alkanes) is 40. The van der Waals surface area contributed by atoms with Crippen molar-refractivity contribution in [1.29, 1.82) is 0 Å². The molecule has 6 heteroatoms. The average molecular weight is 1060 g/mol. The molecule has 0 N–H and O–H groups in total. The average Bonchev–Trinajstić information content (AvgIpc) is 3.42. The molecule has 0 aliphatic carbocycles. The van der Waals surface area contributed by atoms with Crippen molar-refractivity contribution in [2.45, 2.75) is 354 Å².